The number of likely N-dealkylation sites (N-methyl/N-ethyl adjacent to an activating group) is 1. The van der Waals surface area contributed by atoms with Gasteiger partial charge in [-0.3, -0.25) is 9.59 Å². The number of carbonyl (C=O) groups is 2. The van der Waals surface area contributed by atoms with Crippen molar-refractivity contribution in [2.75, 3.05) is 20.7 Å². The van der Waals surface area contributed by atoms with Gasteiger partial charge in [-0.1, -0.05) is 30.3 Å². The predicted molar refractivity (Wildman–Crippen MR) is 100 cm³/mol. The number of nitrogens with one attached hydrogen (secondary N) is 2. The number of carbonyl (C=O) groups excluding carboxylic acids is 2. The van der Waals surface area contributed by atoms with E-state index in [1.54, 1.807) is 20.4 Å². The van der Waals surface area contributed by atoms with Gasteiger partial charge >= 0.3 is 0 Å². The van der Waals surface area contributed by atoms with Crippen molar-refractivity contribution in [1.82, 2.24) is 15.2 Å². The Morgan fingerprint density at radius 2 is 1.96 bits per heavy atom. The van der Waals surface area contributed by atoms with E-state index in [1.165, 1.54) is 4.90 Å². The van der Waals surface area contributed by atoms with Crippen LogP contribution >= 0.6 is 0 Å². The van der Waals surface area contributed by atoms with Gasteiger partial charge in [0.15, 0.2) is 0 Å². The lowest BCUT2D eigenvalue weighted by Crippen LogP contribution is -2.38. The molecule has 0 bridgehead atoms. The van der Waals surface area contributed by atoms with Crippen LogP contribution in [0.25, 0.3) is 10.9 Å². The Labute approximate surface area is 151 Å². The molecule has 6 heteroatoms. The first-order valence-electron chi connectivity index (χ1n) is 8.29. The molecule has 26 heavy (non-hydrogen) atoms. The van der Waals surface area contributed by atoms with Crippen LogP contribution in [-0.4, -0.2) is 42.4 Å². The van der Waals surface area contributed by atoms with Gasteiger partial charge < -0.3 is 19.9 Å². The Hall–Kier alpha value is -3.28. The zero-order chi connectivity index (χ0) is 18.5. The number of amides is 2. The van der Waals surface area contributed by atoms with Crippen LogP contribution in [0.4, 0.5) is 0 Å². The molecular formula is C20H21N3O3. The first-order chi connectivity index (χ1) is 12.6. The second-order valence-corrected chi connectivity index (χ2v) is 6.04. The van der Waals surface area contributed by atoms with E-state index in [0.717, 1.165) is 22.2 Å². The molecule has 1 aromatic heterocycles. The summed E-state index contributed by atoms with van der Waals surface area (Å²) in [6.07, 6.45) is 1.68. The molecule has 0 radical (unpaired) electrons. The summed E-state index contributed by atoms with van der Waals surface area (Å²) >= 11 is 0. The van der Waals surface area contributed by atoms with Crippen molar-refractivity contribution in [1.29, 1.82) is 0 Å². The van der Waals surface area contributed by atoms with Crippen LogP contribution in [0.2, 0.25) is 0 Å². The SMILES string of the molecule is COc1cccc(CNC(=O)CN(C)C(=O)c2c[nH]c3ccccc23)c1. The third kappa shape index (κ3) is 3.85. The quantitative estimate of drug-likeness (QED) is 0.717. The molecule has 0 fully saturated rings. The van der Waals surface area contributed by atoms with Gasteiger partial charge in [0.2, 0.25) is 5.91 Å². The average Bonchev–Trinajstić information content (AvgIpc) is 3.10. The van der Waals surface area contributed by atoms with Crippen molar-refractivity contribution in [3.05, 3.63) is 65.9 Å². The van der Waals surface area contributed by atoms with Gasteiger partial charge in [0.1, 0.15) is 5.75 Å². The maximum Gasteiger partial charge on any atom is 0.256 e. The highest BCUT2D eigenvalue weighted by molar-refractivity contribution is 6.07. The molecule has 3 aromatic rings. The molecule has 134 valence electrons. The van der Waals surface area contributed by atoms with E-state index in [4.69, 9.17) is 4.74 Å². The molecular weight excluding hydrogens is 330 g/mol. The molecule has 0 saturated heterocycles. The fraction of sp³-hybridized carbons (Fsp3) is 0.200. The number of hydrogen-bond donors (Lipinski definition) is 2. The summed E-state index contributed by atoms with van der Waals surface area (Å²) in [5, 5.41) is 3.67. The summed E-state index contributed by atoms with van der Waals surface area (Å²) in [4.78, 5) is 29.3. The lowest BCUT2D eigenvalue weighted by atomic mass is 10.1. The van der Waals surface area contributed by atoms with E-state index in [0.29, 0.717) is 12.1 Å². The number of methoxy groups -OCH3 is 1. The smallest absolute Gasteiger partial charge is 0.256 e. The number of benzene rings is 2. The Morgan fingerprint density at radius 1 is 1.15 bits per heavy atom. The molecule has 2 amide bonds. The van der Waals surface area contributed by atoms with Gasteiger partial charge in [0.25, 0.3) is 5.91 Å². The molecule has 0 saturated carbocycles. The highest BCUT2D eigenvalue weighted by Crippen LogP contribution is 2.19. The van der Waals surface area contributed by atoms with Crippen LogP contribution in [0.1, 0.15) is 15.9 Å². The summed E-state index contributed by atoms with van der Waals surface area (Å²) in [7, 11) is 3.22. The average molecular weight is 351 g/mol. The van der Waals surface area contributed by atoms with Crippen LogP contribution in [0.5, 0.6) is 5.75 Å². The van der Waals surface area contributed by atoms with Crippen molar-refractivity contribution in [2.24, 2.45) is 0 Å². The number of aromatic nitrogens is 1. The summed E-state index contributed by atoms with van der Waals surface area (Å²) in [6.45, 7) is 0.369. The van der Waals surface area contributed by atoms with Crippen LogP contribution < -0.4 is 10.1 Å². The Balaban J connectivity index is 1.59. The molecule has 1 heterocycles. The van der Waals surface area contributed by atoms with Gasteiger partial charge in [0.05, 0.1) is 19.2 Å². The molecule has 0 aliphatic carbocycles. The molecule has 0 unspecified atom stereocenters. The minimum Gasteiger partial charge on any atom is -0.497 e. The van der Waals surface area contributed by atoms with Gasteiger partial charge in [-0.15, -0.1) is 0 Å². The van der Waals surface area contributed by atoms with E-state index < -0.39 is 0 Å². The van der Waals surface area contributed by atoms with Gasteiger partial charge in [-0.2, -0.15) is 0 Å². The van der Waals surface area contributed by atoms with Crippen LogP contribution in [0.15, 0.2) is 54.7 Å². The molecule has 0 aliphatic heterocycles. The normalized spacial score (nSPS) is 10.5. The fourth-order valence-corrected chi connectivity index (χ4v) is 2.78. The molecule has 0 aliphatic rings. The number of hydrogen-bond acceptors (Lipinski definition) is 3. The zero-order valence-corrected chi connectivity index (χ0v) is 14.8. The highest BCUT2D eigenvalue weighted by Gasteiger charge is 2.18. The van der Waals surface area contributed by atoms with Crippen molar-refractivity contribution >= 4 is 22.7 Å². The van der Waals surface area contributed by atoms with Crippen molar-refractivity contribution in [3.63, 3.8) is 0 Å². The lowest BCUT2D eigenvalue weighted by Gasteiger charge is -2.16. The lowest BCUT2D eigenvalue weighted by molar-refractivity contribution is -0.121. The number of aromatic amines is 1. The molecule has 0 spiro atoms. The van der Waals surface area contributed by atoms with E-state index in [2.05, 4.69) is 10.3 Å². The molecule has 6 nitrogen and oxygen atoms in total. The topological polar surface area (TPSA) is 74.4 Å². The Morgan fingerprint density at radius 3 is 2.77 bits per heavy atom. The van der Waals surface area contributed by atoms with Crippen LogP contribution in [0.3, 0.4) is 0 Å². The van der Waals surface area contributed by atoms with Crippen LogP contribution in [-0.2, 0) is 11.3 Å². The maximum atomic E-state index is 12.6. The van der Waals surface area contributed by atoms with Crippen molar-refractivity contribution in [2.45, 2.75) is 6.54 Å². The number of ether oxygens (including phenoxy) is 1. The number of nitrogens with zero attached hydrogens (tertiary/aromatic N) is 1. The van der Waals surface area contributed by atoms with Gasteiger partial charge in [-0.25, -0.2) is 0 Å². The summed E-state index contributed by atoms with van der Waals surface area (Å²) in [5.41, 5.74) is 2.39. The second kappa shape index (κ2) is 7.74. The van der Waals surface area contributed by atoms with Gasteiger partial charge in [-0.05, 0) is 23.8 Å². The van der Waals surface area contributed by atoms with Crippen LogP contribution in [0, 0.1) is 0 Å². The van der Waals surface area contributed by atoms with Crippen molar-refractivity contribution < 1.29 is 14.3 Å². The molecule has 2 N–H and O–H groups in total. The van der Waals surface area contributed by atoms with E-state index in [9.17, 15) is 9.59 Å². The predicted octanol–water partition coefficient (Wildman–Crippen LogP) is 2.56. The maximum absolute atomic E-state index is 12.6. The molecule has 0 atom stereocenters. The summed E-state index contributed by atoms with van der Waals surface area (Å²) in [5.74, 6) is 0.325. The van der Waals surface area contributed by atoms with E-state index in [-0.39, 0.29) is 18.4 Å². The minimum atomic E-state index is -0.219. The number of para-hydroxylation sites is 1. The highest BCUT2D eigenvalue weighted by atomic mass is 16.5. The van der Waals surface area contributed by atoms with Gasteiger partial charge in [0, 0.05) is 30.7 Å². The minimum absolute atomic E-state index is 0.0116. The Kier molecular flexibility index (Phi) is 5.22. The number of fused-ring (bicyclic) bond motifs is 1. The van der Waals surface area contributed by atoms with E-state index in [1.807, 2.05) is 48.5 Å². The number of rotatable bonds is 6. The Bertz CT molecular complexity index is 933. The first-order valence-corrected chi connectivity index (χ1v) is 8.29. The van der Waals surface area contributed by atoms with Crippen molar-refractivity contribution in [3.8, 4) is 5.75 Å². The molecule has 2 aromatic carbocycles. The fourth-order valence-electron chi connectivity index (χ4n) is 2.78. The van der Waals surface area contributed by atoms with E-state index >= 15 is 0 Å². The largest absolute Gasteiger partial charge is 0.497 e. The molecule has 3 rings (SSSR count). The first kappa shape index (κ1) is 17.5. The number of H-pyrrole nitrogens is 1. The monoisotopic (exact) mass is 351 g/mol. The second-order valence-electron chi connectivity index (χ2n) is 6.04. The third-order valence-electron chi connectivity index (χ3n) is 4.17. The zero-order valence-electron chi connectivity index (χ0n) is 14.8. The summed E-state index contributed by atoms with van der Waals surface area (Å²) < 4.78 is 5.17. The summed E-state index contributed by atoms with van der Waals surface area (Å²) in [6, 6.07) is 15.1. The standard InChI is InChI=1S/C20H21N3O3/c1-23(20(25)17-12-21-18-9-4-3-8-16(17)18)13-19(24)22-11-14-6-5-7-15(10-14)26-2/h3-10,12,21H,11,13H2,1-2H3,(H,22,24). The third-order valence-corrected chi connectivity index (χ3v) is 4.17.